The summed E-state index contributed by atoms with van der Waals surface area (Å²) in [5.41, 5.74) is -0.0576. The molecule has 0 saturated carbocycles. The number of ether oxygens (including phenoxy) is 2. The fraction of sp³-hybridized carbons (Fsp3) is 0.250. The van der Waals surface area contributed by atoms with Gasteiger partial charge in [-0.15, -0.1) is 0 Å². The Balaban J connectivity index is 1.62. The molecule has 128 valence electrons. The summed E-state index contributed by atoms with van der Waals surface area (Å²) in [5, 5.41) is 0.0755. The summed E-state index contributed by atoms with van der Waals surface area (Å²) in [6, 6.07) is 11.2. The summed E-state index contributed by atoms with van der Waals surface area (Å²) in [6.45, 7) is 0.239. The summed E-state index contributed by atoms with van der Waals surface area (Å²) in [5.74, 6) is -0.0123. The molecule has 2 aromatic rings. The van der Waals surface area contributed by atoms with Gasteiger partial charge < -0.3 is 9.47 Å². The predicted octanol–water partition coefficient (Wildman–Crippen LogP) is 2.74. The maximum absolute atomic E-state index is 13.7. The van der Waals surface area contributed by atoms with E-state index in [4.69, 9.17) is 21.1 Å². The van der Waals surface area contributed by atoms with Crippen LogP contribution < -0.4 is 14.2 Å². The number of halogens is 2. The van der Waals surface area contributed by atoms with E-state index >= 15 is 0 Å². The average molecular weight is 372 g/mol. The molecular formula is C16H15ClFNO4S. The van der Waals surface area contributed by atoms with E-state index in [1.165, 1.54) is 18.2 Å². The Hall–Kier alpha value is -1.83. The molecule has 0 saturated heterocycles. The van der Waals surface area contributed by atoms with Gasteiger partial charge in [0.15, 0.2) is 11.5 Å². The van der Waals surface area contributed by atoms with Crippen LogP contribution in [0.3, 0.4) is 0 Å². The molecule has 0 spiro atoms. The molecule has 1 N–H and O–H groups in total. The van der Waals surface area contributed by atoms with E-state index in [0.717, 1.165) is 0 Å². The van der Waals surface area contributed by atoms with E-state index in [0.29, 0.717) is 11.5 Å². The molecule has 1 aliphatic rings. The second kappa shape index (κ2) is 6.96. The van der Waals surface area contributed by atoms with Crippen LogP contribution in [0.15, 0.2) is 42.5 Å². The van der Waals surface area contributed by atoms with Crippen molar-refractivity contribution >= 4 is 21.6 Å². The van der Waals surface area contributed by atoms with E-state index in [1.807, 2.05) is 6.07 Å². The van der Waals surface area contributed by atoms with Gasteiger partial charge >= 0.3 is 0 Å². The maximum atomic E-state index is 13.7. The van der Waals surface area contributed by atoms with Crippen molar-refractivity contribution in [1.29, 1.82) is 0 Å². The van der Waals surface area contributed by atoms with Crippen molar-refractivity contribution in [2.45, 2.75) is 11.9 Å². The molecule has 1 aliphatic heterocycles. The summed E-state index contributed by atoms with van der Waals surface area (Å²) in [6.07, 6.45) is -0.467. The normalized spacial score (nSPS) is 16.8. The first-order valence-electron chi connectivity index (χ1n) is 7.23. The Bertz CT molecular complexity index is 823. The van der Waals surface area contributed by atoms with E-state index in [2.05, 4.69) is 4.72 Å². The Morgan fingerprint density at radius 1 is 1.17 bits per heavy atom. The number of rotatable bonds is 5. The first-order chi connectivity index (χ1) is 11.4. The maximum Gasteiger partial charge on any atom is 0.216 e. The van der Waals surface area contributed by atoms with Crippen LogP contribution in [0.25, 0.3) is 0 Å². The topological polar surface area (TPSA) is 64.6 Å². The molecule has 0 fully saturated rings. The number of hydrogen-bond donors (Lipinski definition) is 1. The molecule has 0 aliphatic carbocycles. The van der Waals surface area contributed by atoms with Crippen LogP contribution in [0.2, 0.25) is 5.02 Å². The highest BCUT2D eigenvalue weighted by molar-refractivity contribution is 7.88. The van der Waals surface area contributed by atoms with Crippen LogP contribution >= 0.6 is 11.6 Å². The minimum atomic E-state index is -3.77. The van der Waals surface area contributed by atoms with Gasteiger partial charge in [-0.05, 0) is 24.3 Å². The zero-order chi connectivity index (χ0) is 17.2. The Morgan fingerprint density at radius 3 is 2.67 bits per heavy atom. The van der Waals surface area contributed by atoms with Crippen LogP contribution in [0.1, 0.15) is 5.56 Å². The van der Waals surface area contributed by atoms with Gasteiger partial charge in [-0.25, -0.2) is 17.5 Å². The van der Waals surface area contributed by atoms with Crippen LogP contribution in [0.5, 0.6) is 11.5 Å². The molecule has 0 bridgehead atoms. The fourth-order valence-electron chi connectivity index (χ4n) is 2.29. The summed E-state index contributed by atoms with van der Waals surface area (Å²) >= 11 is 5.86. The molecule has 24 heavy (non-hydrogen) atoms. The standard InChI is InChI=1S/C16H15ClFNO4S/c17-13-4-3-5-14(18)12(13)10-24(20,21)19-8-11-9-22-15-6-1-2-7-16(15)23-11/h1-7,11,19H,8-10H2/t11-/m0/s1. The van der Waals surface area contributed by atoms with Gasteiger partial charge in [-0.3, -0.25) is 0 Å². The van der Waals surface area contributed by atoms with Gasteiger partial charge in [-0.2, -0.15) is 0 Å². The van der Waals surface area contributed by atoms with Crippen LogP contribution in [-0.2, 0) is 15.8 Å². The van der Waals surface area contributed by atoms with E-state index in [-0.39, 0.29) is 23.7 Å². The van der Waals surface area contributed by atoms with Crippen molar-refractivity contribution in [2.24, 2.45) is 0 Å². The van der Waals surface area contributed by atoms with E-state index in [9.17, 15) is 12.8 Å². The van der Waals surface area contributed by atoms with Crippen LogP contribution in [-0.4, -0.2) is 27.7 Å². The molecule has 0 aromatic heterocycles. The molecule has 8 heteroatoms. The minimum absolute atomic E-state index is 0.0166. The predicted molar refractivity (Wildman–Crippen MR) is 88.4 cm³/mol. The molecule has 5 nitrogen and oxygen atoms in total. The largest absolute Gasteiger partial charge is 0.486 e. The lowest BCUT2D eigenvalue weighted by Gasteiger charge is -2.26. The molecular weight excluding hydrogens is 357 g/mol. The van der Waals surface area contributed by atoms with E-state index in [1.54, 1.807) is 18.2 Å². The summed E-state index contributed by atoms with van der Waals surface area (Å²) < 4.78 is 51.6. The molecule has 0 amide bonds. The van der Waals surface area contributed by atoms with Crippen LogP contribution in [0, 0.1) is 5.82 Å². The summed E-state index contributed by atoms with van der Waals surface area (Å²) in [4.78, 5) is 0. The Labute approximate surface area is 144 Å². The smallest absolute Gasteiger partial charge is 0.216 e. The molecule has 1 atom stereocenters. The lowest BCUT2D eigenvalue weighted by Crippen LogP contribution is -2.41. The van der Waals surface area contributed by atoms with Crippen LogP contribution in [0.4, 0.5) is 4.39 Å². The first kappa shape index (κ1) is 17.0. The van der Waals surface area contributed by atoms with E-state index < -0.39 is 27.7 Å². The fourth-order valence-corrected chi connectivity index (χ4v) is 3.82. The van der Waals surface area contributed by atoms with Gasteiger partial charge in [0.25, 0.3) is 0 Å². The number of para-hydroxylation sites is 2. The van der Waals surface area contributed by atoms with Crippen molar-refractivity contribution in [3.63, 3.8) is 0 Å². The van der Waals surface area contributed by atoms with Gasteiger partial charge in [0.05, 0.1) is 12.3 Å². The van der Waals surface area contributed by atoms with Gasteiger partial charge in [0.2, 0.25) is 10.0 Å². The highest BCUT2D eigenvalue weighted by atomic mass is 35.5. The third-order valence-corrected chi connectivity index (χ3v) is 5.12. The second-order valence-electron chi connectivity index (χ2n) is 5.31. The van der Waals surface area contributed by atoms with Gasteiger partial charge in [0.1, 0.15) is 18.5 Å². The van der Waals surface area contributed by atoms with Crippen molar-refractivity contribution in [1.82, 2.24) is 4.72 Å². The van der Waals surface area contributed by atoms with Gasteiger partial charge in [0, 0.05) is 10.6 Å². The zero-order valence-corrected chi connectivity index (χ0v) is 14.1. The number of hydrogen-bond acceptors (Lipinski definition) is 4. The lowest BCUT2D eigenvalue weighted by molar-refractivity contribution is 0.0943. The molecule has 0 radical (unpaired) electrons. The molecule has 3 rings (SSSR count). The Morgan fingerprint density at radius 2 is 1.92 bits per heavy atom. The quantitative estimate of drug-likeness (QED) is 0.877. The molecule has 1 heterocycles. The van der Waals surface area contributed by atoms with Crippen molar-refractivity contribution in [3.8, 4) is 11.5 Å². The van der Waals surface area contributed by atoms with Crippen molar-refractivity contribution in [2.75, 3.05) is 13.2 Å². The van der Waals surface area contributed by atoms with Crippen molar-refractivity contribution < 1.29 is 22.3 Å². The third kappa shape index (κ3) is 3.98. The Kier molecular flexibility index (Phi) is 4.93. The third-order valence-electron chi connectivity index (χ3n) is 3.49. The van der Waals surface area contributed by atoms with Gasteiger partial charge in [-0.1, -0.05) is 29.8 Å². The first-order valence-corrected chi connectivity index (χ1v) is 9.26. The second-order valence-corrected chi connectivity index (χ2v) is 7.52. The highest BCUT2D eigenvalue weighted by Gasteiger charge is 2.23. The SMILES string of the molecule is O=S(=O)(Cc1c(F)cccc1Cl)NC[C@H]1COc2ccccc2O1. The summed E-state index contributed by atoms with van der Waals surface area (Å²) in [7, 11) is -3.77. The number of benzene rings is 2. The highest BCUT2D eigenvalue weighted by Crippen LogP contribution is 2.30. The zero-order valence-electron chi connectivity index (χ0n) is 12.5. The number of sulfonamides is 1. The molecule has 0 unspecified atom stereocenters. The number of nitrogens with one attached hydrogen (secondary N) is 1. The number of fused-ring (bicyclic) bond motifs is 1. The average Bonchev–Trinajstić information content (AvgIpc) is 2.56. The lowest BCUT2D eigenvalue weighted by atomic mass is 10.2. The van der Waals surface area contributed by atoms with Crippen molar-refractivity contribution in [3.05, 3.63) is 58.9 Å². The minimum Gasteiger partial charge on any atom is -0.486 e. The monoisotopic (exact) mass is 371 g/mol. The molecule has 2 aromatic carbocycles.